The van der Waals surface area contributed by atoms with Crippen LogP contribution in [0.15, 0.2) is 53.1 Å². The van der Waals surface area contributed by atoms with Crippen LogP contribution in [0.5, 0.6) is 0 Å². The minimum atomic E-state index is -0.357. The highest BCUT2D eigenvalue weighted by Crippen LogP contribution is 2.25. The molecule has 1 amide bonds. The number of hydrogen-bond donors (Lipinski definition) is 2. The summed E-state index contributed by atoms with van der Waals surface area (Å²) in [5.74, 6) is 0.871. The minimum Gasteiger partial charge on any atom is -0.459 e. The summed E-state index contributed by atoms with van der Waals surface area (Å²) in [6.07, 6.45) is 3.31. The van der Waals surface area contributed by atoms with E-state index in [9.17, 15) is 4.79 Å². The number of nitrogens with zero attached hydrogens (tertiary/aromatic N) is 2. The summed E-state index contributed by atoms with van der Waals surface area (Å²) in [4.78, 5) is 11.9. The number of hydrogen-bond acceptors (Lipinski definition) is 5. The number of rotatable bonds is 6. The molecule has 2 N–H and O–H groups in total. The van der Waals surface area contributed by atoms with Crippen molar-refractivity contribution in [3.8, 4) is 0 Å². The van der Waals surface area contributed by atoms with Gasteiger partial charge in [0.15, 0.2) is 17.4 Å². The molecule has 0 aliphatic heterocycles. The van der Waals surface area contributed by atoms with Crippen molar-refractivity contribution in [2.45, 2.75) is 26.7 Å². The SMILES string of the molecule is CCc1cccc(CC)c1Nc1ccc(NC(=O)c2ccco2)nn1. The summed E-state index contributed by atoms with van der Waals surface area (Å²) >= 11 is 0. The number of amides is 1. The maximum Gasteiger partial charge on any atom is 0.292 e. The van der Waals surface area contributed by atoms with Gasteiger partial charge in [0.2, 0.25) is 0 Å². The van der Waals surface area contributed by atoms with E-state index in [2.05, 4.69) is 52.9 Å². The van der Waals surface area contributed by atoms with Crippen molar-refractivity contribution < 1.29 is 9.21 Å². The Bertz CT molecular complexity index is 820. The maximum atomic E-state index is 11.9. The number of carbonyl (C=O) groups excluding carboxylic acids is 1. The maximum absolute atomic E-state index is 11.9. The van der Waals surface area contributed by atoms with Crippen LogP contribution in [0, 0.1) is 0 Å². The second kappa shape index (κ2) is 7.61. The summed E-state index contributed by atoms with van der Waals surface area (Å²) in [7, 11) is 0. The molecule has 3 rings (SSSR count). The second-order valence-electron chi connectivity index (χ2n) is 5.52. The van der Waals surface area contributed by atoms with Crippen molar-refractivity contribution >= 4 is 23.2 Å². The van der Waals surface area contributed by atoms with Crippen molar-refractivity contribution in [2.24, 2.45) is 0 Å². The van der Waals surface area contributed by atoms with E-state index in [1.165, 1.54) is 17.4 Å². The monoisotopic (exact) mass is 336 g/mol. The van der Waals surface area contributed by atoms with Gasteiger partial charge in [-0.15, -0.1) is 10.2 Å². The predicted octanol–water partition coefficient (Wildman–Crippen LogP) is 4.19. The van der Waals surface area contributed by atoms with Gasteiger partial charge in [-0.05, 0) is 48.2 Å². The zero-order valence-electron chi connectivity index (χ0n) is 14.2. The molecule has 0 radical (unpaired) electrons. The first-order chi connectivity index (χ1) is 12.2. The fraction of sp³-hybridized carbons (Fsp3) is 0.211. The third-order valence-electron chi connectivity index (χ3n) is 3.90. The average molecular weight is 336 g/mol. The van der Waals surface area contributed by atoms with Crippen LogP contribution in [0.2, 0.25) is 0 Å². The minimum absolute atomic E-state index is 0.230. The number of furan rings is 1. The summed E-state index contributed by atoms with van der Waals surface area (Å²) in [6, 6.07) is 13.0. The standard InChI is InChI=1S/C19H20N4O2/c1-3-13-7-5-8-14(4-2)18(13)20-16-10-11-17(23-22-16)21-19(24)15-9-6-12-25-15/h5-12H,3-4H2,1-2H3,(H,20,22)(H,21,23,24). The normalized spacial score (nSPS) is 10.5. The molecule has 3 aromatic rings. The van der Waals surface area contributed by atoms with Crippen LogP contribution in [-0.4, -0.2) is 16.1 Å². The number of aromatic nitrogens is 2. The summed E-state index contributed by atoms with van der Waals surface area (Å²) in [5.41, 5.74) is 3.54. The predicted molar refractivity (Wildman–Crippen MR) is 97.2 cm³/mol. The van der Waals surface area contributed by atoms with Crippen LogP contribution < -0.4 is 10.6 Å². The van der Waals surface area contributed by atoms with Gasteiger partial charge >= 0.3 is 0 Å². The van der Waals surface area contributed by atoms with Crippen molar-refractivity contribution in [2.75, 3.05) is 10.6 Å². The van der Waals surface area contributed by atoms with E-state index in [0.717, 1.165) is 18.5 Å². The molecule has 0 bridgehead atoms. The largest absolute Gasteiger partial charge is 0.459 e. The molecule has 6 nitrogen and oxygen atoms in total. The van der Waals surface area contributed by atoms with Crippen LogP contribution in [0.25, 0.3) is 0 Å². The highest BCUT2D eigenvalue weighted by molar-refractivity contribution is 6.01. The molecule has 0 atom stereocenters. The Morgan fingerprint density at radius 1 is 0.960 bits per heavy atom. The molecule has 0 unspecified atom stereocenters. The number of anilines is 3. The van der Waals surface area contributed by atoms with Gasteiger partial charge in [0.05, 0.1) is 6.26 Å². The number of aryl methyl sites for hydroxylation is 2. The molecule has 2 aromatic heterocycles. The molecule has 0 spiro atoms. The summed E-state index contributed by atoms with van der Waals surface area (Å²) in [6.45, 7) is 4.25. The molecule has 25 heavy (non-hydrogen) atoms. The topological polar surface area (TPSA) is 80.0 Å². The molecule has 0 aliphatic carbocycles. The Balaban J connectivity index is 1.74. The fourth-order valence-electron chi connectivity index (χ4n) is 2.58. The lowest BCUT2D eigenvalue weighted by Gasteiger charge is -2.14. The van der Waals surface area contributed by atoms with Crippen molar-refractivity contribution in [3.05, 3.63) is 65.6 Å². The summed E-state index contributed by atoms with van der Waals surface area (Å²) in [5, 5.41) is 14.2. The molecule has 0 saturated heterocycles. The molecule has 0 saturated carbocycles. The number of benzene rings is 1. The third-order valence-corrected chi connectivity index (χ3v) is 3.90. The zero-order valence-corrected chi connectivity index (χ0v) is 14.2. The van der Waals surface area contributed by atoms with E-state index in [1.54, 1.807) is 24.3 Å². The quantitative estimate of drug-likeness (QED) is 0.705. The van der Waals surface area contributed by atoms with Crippen LogP contribution in [0.4, 0.5) is 17.3 Å². The molecule has 1 aromatic carbocycles. The molecule has 128 valence electrons. The van der Waals surface area contributed by atoms with Gasteiger partial charge in [0, 0.05) is 5.69 Å². The van der Waals surface area contributed by atoms with Gasteiger partial charge in [0.25, 0.3) is 5.91 Å². The molecule has 6 heteroatoms. The van der Waals surface area contributed by atoms with Gasteiger partial charge in [-0.25, -0.2) is 0 Å². The van der Waals surface area contributed by atoms with Gasteiger partial charge in [-0.2, -0.15) is 0 Å². The summed E-state index contributed by atoms with van der Waals surface area (Å²) < 4.78 is 5.05. The Morgan fingerprint density at radius 2 is 1.64 bits per heavy atom. The Kier molecular flexibility index (Phi) is 5.09. The fourth-order valence-corrected chi connectivity index (χ4v) is 2.58. The third kappa shape index (κ3) is 3.85. The first-order valence-electron chi connectivity index (χ1n) is 8.27. The van der Waals surface area contributed by atoms with Gasteiger partial charge in [-0.3, -0.25) is 4.79 Å². The lowest BCUT2D eigenvalue weighted by molar-refractivity contribution is 0.0996. The first-order valence-corrected chi connectivity index (χ1v) is 8.27. The Morgan fingerprint density at radius 3 is 2.20 bits per heavy atom. The number of para-hydroxylation sites is 1. The molecule has 0 fully saturated rings. The van der Waals surface area contributed by atoms with E-state index in [4.69, 9.17) is 4.42 Å². The van der Waals surface area contributed by atoms with Gasteiger partial charge in [-0.1, -0.05) is 32.0 Å². The van der Waals surface area contributed by atoms with E-state index >= 15 is 0 Å². The van der Waals surface area contributed by atoms with Crippen LogP contribution in [0.1, 0.15) is 35.5 Å². The number of carbonyl (C=O) groups is 1. The van der Waals surface area contributed by atoms with E-state index < -0.39 is 0 Å². The van der Waals surface area contributed by atoms with Crippen molar-refractivity contribution in [3.63, 3.8) is 0 Å². The van der Waals surface area contributed by atoms with Crippen LogP contribution in [-0.2, 0) is 12.8 Å². The average Bonchev–Trinajstić information content (AvgIpc) is 3.18. The Hall–Kier alpha value is -3.15. The highest BCUT2D eigenvalue weighted by Gasteiger charge is 2.11. The van der Waals surface area contributed by atoms with Gasteiger partial charge < -0.3 is 15.1 Å². The van der Waals surface area contributed by atoms with Crippen LogP contribution in [0.3, 0.4) is 0 Å². The Labute approximate surface area is 146 Å². The molecule has 2 heterocycles. The highest BCUT2D eigenvalue weighted by atomic mass is 16.3. The van der Waals surface area contributed by atoms with Crippen molar-refractivity contribution in [1.29, 1.82) is 0 Å². The van der Waals surface area contributed by atoms with Gasteiger partial charge in [0.1, 0.15) is 0 Å². The van der Waals surface area contributed by atoms with Crippen molar-refractivity contribution in [1.82, 2.24) is 10.2 Å². The first kappa shape index (κ1) is 16.7. The second-order valence-corrected chi connectivity index (χ2v) is 5.52. The lowest BCUT2D eigenvalue weighted by atomic mass is 10.0. The number of nitrogens with one attached hydrogen (secondary N) is 2. The smallest absolute Gasteiger partial charge is 0.292 e. The van der Waals surface area contributed by atoms with Crippen LogP contribution >= 0.6 is 0 Å². The van der Waals surface area contributed by atoms with E-state index in [1.807, 2.05) is 0 Å². The molecular weight excluding hydrogens is 316 g/mol. The lowest BCUT2D eigenvalue weighted by Crippen LogP contribution is -2.12. The van der Waals surface area contributed by atoms with E-state index in [0.29, 0.717) is 11.6 Å². The zero-order chi connectivity index (χ0) is 17.6. The molecule has 0 aliphatic rings. The molecular formula is C19H20N4O2. The van der Waals surface area contributed by atoms with E-state index in [-0.39, 0.29) is 11.7 Å².